The molecule has 0 aliphatic carbocycles. The van der Waals surface area contributed by atoms with Crippen molar-refractivity contribution in [1.82, 2.24) is 0 Å². The summed E-state index contributed by atoms with van der Waals surface area (Å²) in [6.45, 7) is 0.933. The van der Waals surface area contributed by atoms with Crippen LogP contribution in [0.4, 0.5) is 62.3 Å². The molecule has 4 aromatic carbocycles. The summed E-state index contributed by atoms with van der Waals surface area (Å²) in [5.41, 5.74) is -7.85. The Morgan fingerprint density at radius 1 is 0.600 bits per heavy atom. The van der Waals surface area contributed by atoms with Crippen molar-refractivity contribution in [2.24, 2.45) is 0 Å². The number of rotatable bonds is 10. The number of hydrogen-bond donors (Lipinski definition) is 2. The van der Waals surface area contributed by atoms with Crippen LogP contribution < -0.4 is 20.1 Å². The summed E-state index contributed by atoms with van der Waals surface area (Å²) in [5, 5.41) is 25.0. The lowest BCUT2D eigenvalue weighted by atomic mass is 10.1. The van der Waals surface area contributed by atoms with E-state index in [0.717, 1.165) is 18.3 Å². The van der Waals surface area contributed by atoms with E-state index in [0.29, 0.717) is 30.3 Å². The first-order valence-corrected chi connectivity index (χ1v) is 14.4. The van der Waals surface area contributed by atoms with E-state index in [-0.39, 0.29) is 23.1 Å². The van der Waals surface area contributed by atoms with Crippen LogP contribution in [0.25, 0.3) is 0 Å². The Balaban J connectivity index is 0.000000297. The molecule has 4 aromatic rings. The number of benzene rings is 4. The molecule has 0 heterocycles. The number of hydrogen-bond acceptors (Lipinski definition) is 10. The first-order chi connectivity index (χ1) is 25.4. The molecule has 23 heteroatoms. The largest absolute Gasteiger partial charge is 0.471 e. The monoisotopic (exact) mass is 790 g/mol. The van der Waals surface area contributed by atoms with Crippen LogP contribution in [-0.4, -0.2) is 40.4 Å². The zero-order chi connectivity index (χ0) is 41.5. The molecule has 14 nitrogen and oxygen atoms in total. The van der Waals surface area contributed by atoms with Crippen molar-refractivity contribution in [1.29, 1.82) is 0 Å². The number of amides is 2. The van der Waals surface area contributed by atoms with E-state index >= 15 is 0 Å². The Kier molecular flexibility index (Phi) is 12.9. The van der Waals surface area contributed by atoms with E-state index in [1.54, 1.807) is 0 Å². The maximum absolute atomic E-state index is 13.3. The second kappa shape index (κ2) is 16.7. The van der Waals surface area contributed by atoms with Crippen molar-refractivity contribution >= 4 is 47.1 Å². The molecule has 0 saturated carbocycles. The van der Waals surface area contributed by atoms with Crippen LogP contribution in [0.15, 0.2) is 72.8 Å². The number of carbonyl (C=O) groups is 4. The van der Waals surface area contributed by atoms with Gasteiger partial charge in [-0.15, -0.1) is 0 Å². The molecule has 2 N–H and O–H groups in total. The van der Waals surface area contributed by atoms with E-state index in [4.69, 9.17) is 9.47 Å². The van der Waals surface area contributed by atoms with Crippen molar-refractivity contribution in [2.45, 2.75) is 25.5 Å². The fourth-order valence-electron chi connectivity index (χ4n) is 4.18. The number of aldehydes is 2. The molecule has 290 valence electrons. The highest BCUT2D eigenvalue weighted by Crippen LogP contribution is 2.45. The van der Waals surface area contributed by atoms with Gasteiger partial charge in [0.15, 0.2) is 0 Å². The summed E-state index contributed by atoms with van der Waals surface area (Å²) >= 11 is 0. The smallest absolute Gasteiger partial charge is 0.457 e. The van der Waals surface area contributed by atoms with Crippen molar-refractivity contribution in [3.8, 4) is 23.0 Å². The SMILES string of the molecule is CC(=O)Nc1c([N+](=O)[O-])cc(Oc2ccc(C=O)cc2)cc1C(F)(F)F.O=Cc1ccc(Oc2cc([N+](=O)[O-])c(NC(=O)C(F)(F)F)c(C(F)(F)F)c2)cc1. The molecule has 0 aliphatic heterocycles. The van der Waals surface area contributed by atoms with Crippen LogP contribution in [0.5, 0.6) is 23.0 Å². The molecule has 0 radical (unpaired) electrons. The molecule has 4 rings (SSSR count). The van der Waals surface area contributed by atoms with E-state index in [2.05, 4.69) is 0 Å². The van der Waals surface area contributed by atoms with E-state index < -0.39 is 85.6 Å². The van der Waals surface area contributed by atoms with Gasteiger partial charge in [-0.3, -0.25) is 39.4 Å². The van der Waals surface area contributed by atoms with Gasteiger partial charge in [0.25, 0.3) is 11.4 Å². The molecule has 2 amide bonds. The number of carbonyl (C=O) groups excluding carboxylic acids is 4. The predicted molar refractivity (Wildman–Crippen MR) is 169 cm³/mol. The lowest BCUT2D eigenvalue weighted by Gasteiger charge is -2.16. The summed E-state index contributed by atoms with van der Waals surface area (Å²) < 4.78 is 127. The van der Waals surface area contributed by atoms with E-state index in [1.807, 2.05) is 5.32 Å². The minimum Gasteiger partial charge on any atom is -0.457 e. The third-order valence-electron chi connectivity index (χ3n) is 6.49. The van der Waals surface area contributed by atoms with Gasteiger partial charge in [0.05, 0.1) is 33.1 Å². The van der Waals surface area contributed by atoms with Crippen LogP contribution in [0.1, 0.15) is 38.8 Å². The van der Waals surface area contributed by atoms with Crippen molar-refractivity contribution < 1.29 is 78.0 Å². The van der Waals surface area contributed by atoms with Gasteiger partial charge in [0.2, 0.25) is 5.91 Å². The number of nitrogens with zero attached hydrogens (tertiary/aromatic N) is 2. The number of halogens is 9. The van der Waals surface area contributed by atoms with Gasteiger partial charge in [-0.05, 0) is 60.7 Å². The summed E-state index contributed by atoms with van der Waals surface area (Å²) in [6.07, 6.45) is -14.9. The minimum atomic E-state index is -5.58. The highest BCUT2D eigenvalue weighted by molar-refractivity contribution is 5.98. The molecular formula is C32H19F9N4O10. The maximum atomic E-state index is 13.3. The average Bonchev–Trinajstić information content (AvgIpc) is 3.08. The van der Waals surface area contributed by atoms with Gasteiger partial charge >= 0.3 is 24.4 Å². The van der Waals surface area contributed by atoms with Gasteiger partial charge in [0, 0.05) is 18.1 Å². The Hall–Kier alpha value is -7.07. The van der Waals surface area contributed by atoms with Crippen LogP contribution in [-0.2, 0) is 21.9 Å². The zero-order valence-corrected chi connectivity index (χ0v) is 27.0. The minimum absolute atomic E-state index is 0.0744. The number of nitrogens with one attached hydrogen (secondary N) is 2. The Morgan fingerprint density at radius 2 is 0.945 bits per heavy atom. The van der Waals surface area contributed by atoms with Gasteiger partial charge in [-0.25, -0.2) is 0 Å². The third kappa shape index (κ3) is 11.5. The lowest BCUT2D eigenvalue weighted by Crippen LogP contribution is -2.31. The molecule has 0 atom stereocenters. The lowest BCUT2D eigenvalue weighted by molar-refractivity contribution is -0.384. The second-order valence-corrected chi connectivity index (χ2v) is 10.5. The van der Waals surface area contributed by atoms with Gasteiger partial charge in [-0.1, -0.05) is 0 Å². The van der Waals surface area contributed by atoms with Gasteiger partial charge < -0.3 is 20.1 Å². The molecule has 0 aromatic heterocycles. The quantitative estimate of drug-likeness (QED) is 0.0677. The maximum Gasteiger partial charge on any atom is 0.471 e. The van der Waals surface area contributed by atoms with Crippen molar-refractivity contribution in [3.63, 3.8) is 0 Å². The van der Waals surface area contributed by atoms with Crippen molar-refractivity contribution in [2.75, 3.05) is 10.6 Å². The van der Waals surface area contributed by atoms with Gasteiger partial charge in [0.1, 0.15) is 46.9 Å². The Bertz CT molecular complexity index is 2120. The Morgan fingerprint density at radius 3 is 1.22 bits per heavy atom. The molecule has 0 spiro atoms. The normalized spacial score (nSPS) is 11.3. The fraction of sp³-hybridized carbons (Fsp3) is 0.125. The van der Waals surface area contributed by atoms with Crippen LogP contribution in [0.2, 0.25) is 0 Å². The summed E-state index contributed by atoms with van der Waals surface area (Å²) in [4.78, 5) is 63.2. The summed E-state index contributed by atoms with van der Waals surface area (Å²) in [6, 6.07) is 12.2. The fourth-order valence-corrected chi connectivity index (χ4v) is 4.18. The first kappa shape index (κ1) is 42.3. The van der Waals surface area contributed by atoms with E-state index in [9.17, 15) is 78.9 Å². The molecule has 0 aliphatic rings. The predicted octanol–water partition coefficient (Wildman–Crippen LogP) is 8.90. The van der Waals surface area contributed by atoms with Crippen molar-refractivity contribution in [3.05, 3.63) is 115 Å². The number of nitro groups is 2. The van der Waals surface area contributed by atoms with E-state index in [1.165, 1.54) is 48.5 Å². The van der Waals surface area contributed by atoms with Crippen LogP contribution in [0, 0.1) is 20.2 Å². The number of ether oxygens (including phenoxy) is 2. The second-order valence-electron chi connectivity index (χ2n) is 10.5. The number of alkyl halides is 9. The first-order valence-electron chi connectivity index (χ1n) is 14.4. The highest BCUT2D eigenvalue weighted by Gasteiger charge is 2.44. The molecule has 0 saturated heterocycles. The standard InChI is InChI=1S/C16H8F6N2O5.C16H11F3N2O5/c17-15(18,19)11-5-10(29-9-3-1-8(7-25)2-4-9)6-12(24(27)28)13(11)23-14(26)16(20,21)22;1-9(23)20-15-13(16(17,18)19)6-12(7-14(15)21(24)25)26-11-4-2-10(8-22)3-5-11/h1-7H,(H,23,26);2-8H,1H3,(H,20,23). The number of nitro benzene ring substituents is 2. The molecule has 0 unspecified atom stereocenters. The topological polar surface area (TPSA) is 197 Å². The van der Waals surface area contributed by atoms with Crippen LogP contribution in [0.3, 0.4) is 0 Å². The van der Waals surface area contributed by atoms with Gasteiger partial charge in [-0.2, -0.15) is 39.5 Å². The zero-order valence-electron chi connectivity index (χ0n) is 27.0. The highest BCUT2D eigenvalue weighted by atomic mass is 19.4. The molecule has 0 fully saturated rings. The molecular weight excluding hydrogens is 771 g/mol. The molecule has 0 bridgehead atoms. The molecule has 55 heavy (non-hydrogen) atoms. The average molecular weight is 791 g/mol. The Labute approximate surface area is 299 Å². The summed E-state index contributed by atoms with van der Waals surface area (Å²) in [7, 11) is 0. The summed E-state index contributed by atoms with van der Waals surface area (Å²) in [5.74, 6) is -4.92. The third-order valence-corrected chi connectivity index (χ3v) is 6.49. The van der Waals surface area contributed by atoms with Crippen LogP contribution >= 0.6 is 0 Å². The number of anilines is 2.